The van der Waals surface area contributed by atoms with Crippen molar-refractivity contribution in [3.05, 3.63) is 50.8 Å². The molecule has 1 aromatic carbocycles. The van der Waals surface area contributed by atoms with Gasteiger partial charge >= 0.3 is 5.69 Å². The number of sulfonamides is 1. The third kappa shape index (κ3) is 4.28. The monoisotopic (exact) mass is 411 g/mol. The molecular weight excluding hydrogens is 386 g/mol. The average Bonchev–Trinajstić information content (AvgIpc) is 2.68. The van der Waals surface area contributed by atoms with Gasteiger partial charge in [0.25, 0.3) is 5.56 Å². The van der Waals surface area contributed by atoms with Crippen LogP contribution in [0.1, 0.15) is 12.0 Å². The number of methoxy groups -OCH3 is 2. The van der Waals surface area contributed by atoms with Gasteiger partial charge in [0.05, 0.1) is 14.2 Å². The third-order valence-electron chi connectivity index (χ3n) is 4.49. The molecular formula is C18H25N3O6S. The molecule has 0 fully saturated rings. The molecule has 0 atom stereocenters. The fourth-order valence-corrected chi connectivity index (χ4v) is 4.14. The normalized spacial score (nSPS) is 11.6. The number of hydrogen-bond acceptors (Lipinski definition) is 6. The first kappa shape index (κ1) is 21.7. The predicted octanol–water partition coefficient (Wildman–Crippen LogP) is 0.355. The van der Waals surface area contributed by atoms with E-state index in [1.54, 1.807) is 20.3 Å². The highest BCUT2D eigenvalue weighted by Gasteiger charge is 2.26. The first-order valence-electron chi connectivity index (χ1n) is 8.57. The average molecular weight is 411 g/mol. The van der Waals surface area contributed by atoms with Crippen molar-refractivity contribution in [3.8, 4) is 11.5 Å². The van der Waals surface area contributed by atoms with Crippen LogP contribution < -0.4 is 20.7 Å². The van der Waals surface area contributed by atoms with Crippen molar-refractivity contribution < 1.29 is 17.9 Å². The van der Waals surface area contributed by atoms with Gasteiger partial charge in [-0.1, -0.05) is 6.07 Å². The van der Waals surface area contributed by atoms with Crippen LogP contribution in [0.4, 0.5) is 0 Å². The Balaban J connectivity index is 2.14. The molecule has 0 radical (unpaired) electrons. The van der Waals surface area contributed by atoms with E-state index in [9.17, 15) is 18.0 Å². The first-order valence-corrected chi connectivity index (χ1v) is 10.0. The van der Waals surface area contributed by atoms with Gasteiger partial charge in [0.1, 0.15) is 0 Å². The Morgan fingerprint density at radius 1 is 1.07 bits per heavy atom. The molecule has 0 unspecified atom stereocenters. The largest absolute Gasteiger partial charge is 0.493 e. The second-order valence-corrected chi connectivity index (χ2v) is 8.38. The van der Waals surface area contributed by atoms with E-state index in [0.717, 1.165) is 25.2 Å². The fraction of sp³-hybridized carbons (Fsp3) is 0.444. The van der Waals surface area contributed by atoms with Gasteiger partial charge in [0.15, 0.2) is 16.4 Å². The Bertz CT molecular complexity index is 1070. The molecule has 1 heterocycles. The zero-order valence-corrected chi connectivity index (χ0v) is 17.4. The third-order valence-corrected chi connectivity index (χ3v) is 6.33. The maximum absolute atomic E-state index is 12.8. The number of nitrogens with zero attached hydrogens (tertiary/aromatic N) is 3. The summed E-state index contributed by atoms with van der Waals surface area (Å²) >= 11 is 0. The summed E-state index contributed by atoms with van der Waals surface area (Å²) < 4.78 is 39.0. The van der Waals surface area contributed by atoms with Gasteiger partial charge in [-0.2, -0.15) is 0 Å². The van der Waals surface area contributed by atoms with Crippen molar-refractivity contribution in [1.82, 2.24) is 13.4 Å². The molecule has 0 aliphatic rings. The quantitative estimate of drug-likeness (QED) is 0.622. The number of rotatable bonds is 8. The zero-order chi connectivity index (χ0) is 21.1. The van der Waals surface area contributed by atoms with E-state index in [1.165, 1.54) is 21.1 Å². The summed E-state index contributed by atoms with van der Waals surface area (Å²) in [6, 6.07) is 5.53. The molecule has 1 aromatic heterocycles. The van der Waals surface area contributed by atoms with Crippen molar-refractivity contribution in [3.63, 3.8) is 0 Å². The molecule has 0 aliphatic heterocycles. The lowest BCUT2D eigenvalue weighted by Crippen LogP contribution is -2.42. The Hall–Kier alpha value is -2.59. The number of hydrogen-bond donors (Lipinski definition) is 0. The second-order valence-electron chi connectivity index (χ2n) is 6.37. The Morgan fingerprint density at radius 2 is 1.71 bits per heavy atom. The summed E-state index contributed by atoms with van der Waals surface area (Å²) in [5, 5.41) is 0. The standard InChI is InChI=1S/C18H25N3O6S/c1-19-12-16(17(22)21(3)18(19)23)28(24,25)20(2)10-6-7-13-8-9-14(26-4)15(11-13)27-5/h8-9,11-12H,6-7,10H2,1-5H3. The summed E-state index contributed by atoms with van der Waals surface area (Å²) in [5.74, 6) is 1.23. The van der Waals surface area contributed by atoms with E-state index in [0.29, 0.717) is 24.3 Å². The van der Waals surface area contributed by atoms with Gasteiger partial charge in [0.2, 0.25) is 10.0 Å². The zero-order valence-electron chi connectivity index (χ0n) is 16.6. The number of benzene rings is 1. The fourth-order valence-electron chi connectivity index (χ4n) is 2.78. The van der Waals surface area contributed by atoms with Crippen molar-refractivity contribution in [2.75, 3.05) is 27.8 Å². The highest BCUT2D eigenvalue weighted by Crippen LogP contribution is 2.28. The van der Waals surface area contributed by atoms with Crippen LogP contribution in [-0.2, 0) is 30.5 Å². The number of ether oxygens (including phenoxy) is 2. The van der Waals surface area contributed by atoms with Crippen LogP contribution in [-0.4, -0.2) is 49.7 Å². The minimum absolute atomic E-state index is 0.211. The highest BCUT2D eigenvalue weighted by atomic mass is 32.2. The van der Waals surface area contributed by atoms with E-state index >= 15 is 0 Å². The molecule has 0 saturated carbocycles. The smallest absolute Gasteiger partial charge is 0.330 e. The summed E-state index contributed by atoms with van der Waals surface area (Å²) in [4.78, 5) is 23.6. The Morgan fingerprint density at radius 3 is 2.32 bits per heavy atom. The van der Waals surface area contributed by atoms with Gasteiger partial charge in [-0.25, -0.2) is 17.5 Å². The van der Waals surface area contributed by atoms with E-state index in [4.69, 9.17) is 9.47 Å². The lowest BCUT2D eigenvalue weighted by molar-refractivity contribution is 0.354. The second kappa shape index (κ2) is 8.61. The van der Waals surface area contributed by atoms with Crippen LogP contribution in [0.5, 0.6) is 11.5 Å². The minimum Gasteiger partial charge on any atom is -0.493 e. The van der Waals surface area contributed by atoms with Gasteiger partial charge < -0.3 is 14.0 Å². The lowest BCUT2D eigenvalue weighted by Gasteiger charge is -2.17. The first-order chi connectivity index (χ1) is 13.1. The van der Waals surface area contributed by atoms with E-state index in [2.05, 4.69) is 0 Å². The van der Waals surface area contributed by atoms with Gasteiger partial charge in [-0.15, -0.1) is 0 Å². The van der Waals surface area contributed by atoms with Crippen molar-refractivity contribution in [2.45, 2.75) is 17.7 Å². The highest BCUT2D eigenvalue weighted by molar-refractivity contribution is 7.89. The van der Waals surface area contributed by atoms with Gasteiger partial charge in [0, 0.05) is 33.9 Å². The molecule has 0 N–H and O–H groups in total. The van der Waals surface area contributed by atoms with Crippen LogP contribution >= 0.6 is 0 Å². The molecule has 0 saturated heterocycles. The van der Waals surface area contributed by atoms with Crippen molar-refractivity contribution in [2.24, 2.45) is 14.1 Å². The van der Waals surface area contributed by atoms with Crippen LogP contribution in [0.2, 0.25) is 0 Å². The summed E-state index contributed by atoms with van der Waals surface area (Å²) in [5.41, 5.74) is -0.448. The molecule has 154 valence electrons. The predicted molar refractivity (Wildman–Crippen MR) is 105 cm³/mol. The molecule has 2 rings (SSSR count). The molecule has 0 aliphatic carbocycles. The van der Waals surface area contributed by atoms with E-state index < -0.39 is 26.2 Å². The van der Waals surface area contributed by atoms with Crippen LogP contribution in [0, 0.1) is 0 Å². The summed E-state index contributed by atoms with van der Waals surface area (Å²) in [6.45, 7) is 0.211. The van der Waals surface area contributed by atoms with Crippen molar-refractivity contribution in [1.29, 1.82) is 0 Å². The molecule has 0 spiro atoms. The molecule has 28 heavy (non-hydrogen) atoms. The maximum atomic E-state index is 12.8. The summed E-state index contributed by atoms with van der Waals surface area (Å²) in [6.07, 6.45) is 2.22. The SMILES string of the molecule is COc1ccc(CCCN(C)S(=O)(=O)c2cn(C)c(=O)n(C)c2=O)cc1OC. The van der Waals surface area contributed by atoms with Crippen molar-refractivity contribution >= 4 is 10.0 Å². The molecule has 10 heteroatoms. The van der Waals surface area contributed by atoms with E-state index in [-0.39, 0.29) is 6.54 Å². The molecule has 2 aromatic rings. The number of aromatic nitrogens is 2. The molecule has 9 nitrogen and oxygen atoms in total. The van der Waals surface area contributed by atoms with Crippen LogP contribution in [0.25, 0.3) is 0 Å². The Kier molecular flexibility index (Phi) is 6.68. The molecule has 0 bridgehead atoms. The van der Waals surface area contributed by atoms with Gasteiger partial charge in [-0.05, 0) is 30.5 Å². The Labute approximate surface area is 163 Å². The molecule has 0 amide bonds. The summed E-state index contributed by atoms with van der Waals surface area (Å²) in [7, 11) is 3.16. The minimum atomic E-state index is -4.01. The van der Waals surface area contributed by atoms with Crippen LogP contribution in [0.15, 0.2) is 38.9 Å². The maximum Gasteiger partial charge on any atom is 0.330 e. The number of aryl methyl sites for hydroxylation is 2. The van der Waals surface area contributed by atoms with Gasteiger partial charge in [-0.3, -0.25) is 9.36 Å². The topological polar surface area (TPSA) is 99.8 Å². The van der Waals surface area contributed by atoms with E-state index in [1.807, 2.05) is 12.1 Å². The van der Waals surface area contributed by atoms with Crippen LogP contribution in [0.3, 0.4) is 0 Å². The lowest BCUT2D eigenvalue weighted by atomic mass is 10.1.